The van der Waals surface area contributed by atoms with Crippen molar-refractivity contribution in [1.82, 2.24) is 14.1 Å². The van der Waals surface area contributed by atoms with E-state index < -0.39 is 11.2 Å². The summed E-state index contributed by atoms with van der Waals surface area (Å²) < 4.78 is 3.11. The van der Waals surface area contributed by atoms with Gasteiger partial charge >= 0.3 is 5.69 Å². The van der Waals surface area contributed by atoms with Gasteiger partial charge in [0.25, 0.3) is 11.1 Å². The van der Waals surface area contributed by atoms with Crippen LogP contribution in [0.25, 0.3) is 0 Å². The summed E-state index contributed by atoms with van der Waals surface area (Å²) in [6.07, 6.45) is 3.06. The molecule has 0 aliphatic carbocycles. The van der Waals surface area contributed by atoms with Gasteiger partial charge in [-0.1, -0.05) is 6.07 Å². The van der Waals surface area contributed by atoms with Crippen molar-refractivity contribution in [2.75, 3.05) is 0 Å². The highest BCUT2D eigenvalue weighted by Crippen LogP contribution is 1.98. The number of nitrogens with one attached hydrogen (secondary N) is 1. The van der Waals surface area contributed by atoms with Crippen LogP contribution in [0.2, 0.25) is 0 Å². The summed E-state index contributed by atoms with van der Waals surface area (Å²) in [4.78, 5) is 36.3. The standard InChI is InChI=1S/C11H10BrN3O3/c12-8-7-15(11(18)13-10(8)17)6-5-14-4-2-1-3-9(14)16/h1-4,7H,5-6H2,(H,13,17,18). The fraction of sp³-hybridized carbons (Fsp3) is 0.182. The first kappa shape index (κ1) is 12.6. The second kappa shape index (κ2) is 5.18. The third kappa shape index (κ3) is 2.67. The molecular weight excluding hydrogens is 302 g/mol. The van der Waals surface area contributed by atoms with E-state index in [1.165, 1.54) is 21.4 Å². The molecule has 2 aromatic heterocycles. The third-order valence-corrected chi connectivity index (χ3v) is 3.01. The molecule has 0 spiro atoms. The Balaban J connectivity index is 2.24. The van der Waals surface area contributed by atoms with E-state index in [-0.39, 0.29) is 10.0 Å². The van der Waals surface area contributed by atoms with E-state index in [0.717, 1.165) is 0 Å². The zero-order valence-electron chi connectivity index (χ0n) is 9.30. The van der Waals surface area contributed by atoms with Crippen molar-refractivity contribution in [3.8, 4) is 0 Å². The van der Waals surface area contributed by atoms with Crippen LogP contribution in [0.3, 0.4) is 0 Å². The molecule has 18 heavy (non-hydrogen) atoms. The summed E-state index contributed by atoms with van der Waals surface area (Å²) in [5.74, 6) is 0. The van der Waals surface area contributed by atoms with Gasteiger partial charge in [-0.05, 0) is 22.0 Å². The van der Waals surface area contributed by atoms with Crippen molar-refractivity contribution in [1.29, 1.82) is 0 Å². The Hall–Kier alpha value is -1.89. The van der Waals surface area contributed by atoms with E-state index in [2.05, 4.69) is 20.9 Å². The van der Waals surface area contributed by atoms with E-state index in [9.17, 15) is 14.4 Å². The molecule has 2 heterocycles. The van der Waals surface area contributed by atoms with Crippen LogP contribution in [-0.4, -0.2) is 14.1 Å². The molecule has 1 N–H and O–H groups in total. The molecule has 0 radical (unpaired) electrons. The van der Waals surface area contributed by atoms with Crippen LogP contribution in [-0.2, 0) is 13.1 Å². The quantitative estimate of drug-likeness (QED) is 0.877. The Morgan fingerprint density at radius 1 is 1.11 bits per heavy atom. The second-order valence-corrected chi connectivity index (χ2v) is 4.52. The summed E-state index contributed by atoms with van der Waals surface area (Å²) >= 11 is 3.05. The predicted molar refractivity (Wildman–Crippen MR) is 69.7 cm³/mol. The maximum Gasteiger partial charge on any atom is 0.328 e. The van der Waals surface area contributed by atoms with Gasteiger partial charge in [-0.2, -0.15) is 0 Å². The summed E-state index contributed by atoms with van der Waals surface area (Å²) in [7, 11) is 0. The summed E-state index contributed by atoms with van der Waals surface area (Å²) in [6.45, 7) is 0.663. The summed E-state index contributed by atoms with van der Waals surface area (Å²) in [5.41, 5.74) is -1.09. The highest BCUT2D eigenvalue weighted by atomic mass is 79.9. The summed E-state index contributed by atoms with van der Waals surface area (Å²) in [5, 5.41) is 0. The average molecular weight is 312 g/mol. The van der Waals surface area contributed by atoms with Crippen LogP contribution in [0.1, 0.15) is 0 Å². The number of halogens is 1. The molecular formula is C11H10BrN3O3. The topological polar surface area (TPSA) is 76.9 Å². The number of aromatic amines is 1. The lowest BCUT2D eigenvalue weighted by Crippen LogP contribution is -2.32. The van der Waals surface area contributed by atoms with Gasteiger partial charge < -0.3 is 4.57 Å². The lowest BCUT2D eigenvalue weighted by Gasteiger charge is -2.07. The molecule has 0 saturated carbocycles. The Labute approximate surface area is 110 Å². The van der Waals surface area contributed by atoms with Gasteiger partial charge in [0.15, 0.2) is 0 Å². The van der Waals surface area contributed by atoms with E-state index in [1.807, 2.05) is 0 Å². The molecule has 0 aliphatic rings. The molecule has 0 atom stereocenters. The van der Waals surface area contributed by atoms with Crippen molar-refractivity contribution in [2.24, 2.45) is 0 Å². The summed E-state index contributed by atoms with van der Waals surface area (Å²) in [6, 6.07) is 4.85. The molecule has 0 fully saturated rings. The van der Waals surface area contributed by atoms with E-state index >= 15 is 0 Å². The number of hydrogen-bond donors (Lipinski definition) is 1. The van der Waals surface area contributed by atoms with Gasteiger partial charge in [0.05, 0.1) is 4.47 Å². The fourth-order valence-corrected chi connectivity index (χ4v) is 1.86. The largest absolute Gasteiger partial charge is 0.328 e. The molecule has 94 valence electrons. The smallest absolute Gasteiger partial charge is 0.314 e. The Kier molecular flexibility index (Phi) is 3.61. The Morgan fingerprint density at radius 2 is 1.83 bits per heavy atom. The van der Waals surface area contributed by atoms with E-state index in [1.54, 1.807) is 18.3 Å². The zero-order valence-corrected chi connectivity index (χ0v) is 10.9. The number of nitrogens with zero attached hydrogens (tertiary/aromatic N) is 2. The van der Waals surface area contributed by atoms with Crippen LogP contribution in [0.15, 0.2) is 49.4 Å². The number of aryl methyl sites for hydroxylation is 2. The number of rotatable bonds is 3. The van der Waals surface area contributed by atoms with Crippen molar-refractivity contribution in [3.63, 3.8) is 0 Å². The third-order valence-electron chi connectivity index (χ3n) is 2.45. The highest BCUT2D eigenvalue weighted by molar-refractivity contribution is 9.10. The van der Waals surface area contributed by atoms with Gasteiger partial charge in [-0.15, -0.1) is 0 Å². The Bertz CT molecular complexity index is 729. The molecule has 7 heteroatoms. The van der Waals surface area contributed by atoms with Gasteiger partial charge in [0.2, 0.25) is 0 Å². The number of H-pyrrole nitrogens is 1. The molecule has 2 rings (SSSR count). The highest BCUT2D eigenvalue weighted by Gasteiger charge is 2.02. The SMILES string of the molecule is O=c1[nH]c(=O)n(CCn2ccccc2=O)cc1Br. The first-order valence-electron chi connectivity index (χ1n) is 5.22. The van der Waals surface area contributed by atoms with Crippen LogP contribution in [0, 0.1) is 0 Å². The fourth-order valence-electron chi connectivity index (χ4n) is 1.51. The first-order chi connectivity index (χ1) is 8.58. The van der Waals surface area contributed by atoms with Gasteiger partial charge in [0, 0.05) is 31.5 Å². The predicted octanol–water partition coefficient (Wildman–Crippen LogP) is 0.161. The number of hydrogen-bond acceptors (Lipinski definition) is 3. The molecule has 0 unspecified atom stereocenters. The minimum absolute atomic E-state index is 0.131. The number of pyridine rings is 1. The van der Waals surface area contributed by atoms with Gasteiger partial charge in [-0.3, -0.25) is 19.1 Å². The first-order valence-corrected chi connectivity index (χ1v) is 6.02. The minimum Gasteiger partial charge on any atom is -0.314 e. The Morgan fingerprint density at radius 3 is 2.56 bits per heavy atom. The van der Waals surface area contributed by atoms with Crippen LogP contribution < -0.4 is 16.8 Å². The van der Waals surface area contributed by atoms with Gasteiger partial charge in [0.1, 0.15) is 0 Å². The van der Waals surface area contributed by atoms with Crippen molar-refractivity contribution >= 4 is 15.9 Å². The van der Waals surface area contributed by atoms with Crippen LogP contribution in [0.4, 0.5) is 0 Å². The molecule has 0 saturated heterocycles. The lowest BCUT2D eigenvalue weighted by molar-refractivity contribution is 0.541. The minimum atomic E-state index is -0.493. The van der Waals surface area contributed by atoms with Gasteiger partial charge in [-0.25, -0.2) is 4.79 Å². The normalized spacial score (nSPS) is 10.5. The molecule has 0 aromatic carbocycles. The maximum absolute atomic E-state index is 11.5. The maximum atomic E-state index is 11.5. The molecule has 6 nitrogen and oxygen atoms in total. The van der Waals surface area contributed by atoms with Crippen molar-refractivity contribution < 1.29 is 0 Å². The van der Waals surface area contributed by atoms with Crippen LogP contribution in [0.5, 0.6) is 0 Å². The molecule has 0 amide bonds. The molecule has 2 aromatic rings. The van der Waals surface area contributed by atoms with Crippen molar-refractivity contribution in [2.45, 2.75) is 13.1 Å². The van der Waals surface area contributed by atoms with E-state index in [0.29, 0.717) is 13.1 Å². The number of aromatic nitrogens is 3. The van der Waals surface area contributed by atoms with Crippen molar-refractivity contribution in [3.05, 3.63) is 66.3 Å². The average Bonchev–Trinajstić information content (AvgIpc) is 2.34. The van der Waals surface area contributed by atoms with E-state index in [4.69, 9.17) is 0 Å². The van der Waals surface area contributed by atoms with Crippen LogP contribution >= 0.6 is 15.9 Å². The zero-order chi connectivity index (χ0) is 13.1. The molecule has 0 aliphatic heterocycles. The monoisotopic (exact) mass is 311 g/mol. The lowest BCUT2D eigenvalue weighted by atomic mass is 10.4. The molecule has 0 bridgehead atoms. The second-order valence-electron chi connectivity index (χ2n) is 3.66.